The summed E-state index contributed by atoms with van der Waals surface area (Å²) < 4.78 is 2.30. The van der Waals surface area contributed by atoms with Gasteiger partial charge in [0.05, 0.1) is 5.69 Å². The van der Waals surface area contributed by atoms with E-state index >= 15 is 0 Å². The molecule has 1 aromatic rings. The molecule has 1 saturated carbocycles. The third-order valence-electron chi connectivity index (χ3n) is 4.13. The van der Waals surface area contributed by atoms with Crippen LogP contribution in [0.4, 0.5) is 0 Å². The Morgan fingerprint density at radius 1 is 1.22 bits per heavy atom. The molecule has 1 fully saturated rings. The first-order valence-electron chi connectivity index (χ1n) is 7.58. The van der Waals surface area contributed by atoms with Crippen LogP contribution in [0.25, 0.3) is 0 Å². The van der Waals surface area contributed by atoms with Crippen LogP contribution in [0.5, 0.6) is 0 Å². The Hall–Kier alpha value is -0.830. The Bertz CT molecular complexity index is 377. The van der Waals surface area contributed by atoms with Gasteiger partial charge >= 0.3 is 0 Å². The minimum Gasteiger partial charge on any atom is -0.313 e. The highest BCUT2D eigenvalue weighted by Gasteiger charge is 2.21. The Balaban J connectivity index is 2.18. The lowest BCUT2D eigenvalue weighted by molar-refractivity contribution is 0.263. The lowest BCUT2D eigenvalue weighted by atomic mass is 9.85. The molecule has 2 rings (SSSR count). The fourth-order valence-electron chi connectivity index (χ4n) is 2.79. The molecule has 0 spiro atoms. The number of rotatable bonds is 7. The van der Waals surface area contributed by atoms with Crippen molar-refractivity contribution in [2.75, 3.05) is 6.54 Å². The van der Waals surface area contributed by atoms with Crippen molar-refractivity contribution in [1.29, 1.82) is 0 Å². The van der Waals surface area contributed by atoms with Gasteiger partial charge < -0.3 is 5.32 Å². The Kier molecular flexibility index (Phi) is 4.81. The van der Waals surface area contributed by atoms with Gasteiger partial charge in [-0.15, -0.1) is 0 Å². The SMILES string of the molecule is CCNCc1c(CC)nn(CC2CCC2)c1CC. The molecular weight excluding hydrogens is 222 g/mol. The maximum Gasteiger partial charge on any atom is 0.0669 e. The summed E-state index contributed by atoms with van der Waals surface area (Å²) in [4.78, 5) is 0. The lowest BCUT2D eigenvalue weighted by Gasteiger charge is -2.25. The molecule has 18 heavy (non-hydrogen) atoms. The molecule has 3 heteroatoms. The predicted octanol–water partition coefficient (Wildman–Crippen LogP) is 2.92. The summed E-state index contributed by atoms with van der Waals surface area (Å²) in [6, 6.07) is 0. The molecule has 0 saturated heterocycles. The first-order chi connectivity index (χ1) is 8.80. The number of aryl methyl sites for hydroxylation is 1. The second-order valence-corrected chi connectivity index (χ2v) is 5.34. The van der Waals surface area contributed by atoms with Gasteiger partial charge in [-0.2, -0.15) is 5.10 Å². The minimum absolute atomic E-state index is 0.881. The van der Waals surface area contributed by atoms with Crippen molar-refractivity contribution < 1.29 is 0 Å². The molecule has 3 nitrogen and oxygen atoms in total. The van der Waals surface area contributed by atoms with Crippen LogP contribution in [0, 0.1) is 5.92 Å². The lowest BCUT2D eigenvalue weighted by Crippen LogP contribution is -2.20. The molecule has 0 unspecified atom stereocenters. The van der Waals surface area contributed by atoms with Gasteiger partial charge in [-0.25, -0.2) is 0 Å². The van der Waals surface area contributed by atoms with E-state index in [4.69, 9.17) is 5.10 Å². The van der Waals surface area contributed by atoms with Crippen LogP contribution in [0.15, 0.2) is 0 Å². The first-order valence-corrected chi connectivity index (χ1v) is 7.58. The monoisotopic (exact) mass is 249 g/mol. The summed E-state index contributed by atoms with van der Waals surface area (Å²) in [5.41, 5.74) is 4.22. The van der Waals surface area contributed by atoms with E-state index in [-0.39, 0.29) is 0 Å². The van der Waals surface area contributed by atoms with E-state index in [1.54, 1.807) is 0 Å². The number of aromatic nitrogens is 2. The fraction of sp³-hybridized carbons (Fsp3) is 0.800. The summed E-state index contributed by atoms with van der Waals surface area (Å²) in [6.45, 7) is 9.78. The van der Waals surface area contributed by atoms with Gasteiger partial charge in [-0.3, -0.25) is 4.68 Å². The first kappa shape index (κ1) is 13.6. The van der Waals surface area contributed by atoms with Crippen LogP contribution in [0.2, 0.25) is 0 Å². The number of hydrogen-bond donors (Lipinski definition) is 1. The molecule has 1 aliphatic carbocycles. The molecule has 0 bridgehead atoms. The largest absolute Gasteiger partial charge is 0.313 e. The van der Waals surface area contributed by atoms with E-state index in [0.29, 0.717) is 0 Å². The zero-order valence-electron chi connectivity index (χ0n) is 12.1. The Morgan fingerprint density at radius 3 is 2.50 bits per heavy atom. The molecule has 0 aliphatic heterocycles. The van der Waals surface area contributed by atoms with Crippen molar-refractivity contribution in [2.45, 2.75) is 66.0 Å². The molecular formula is C15H27N3. The van der Waals surface area contributed by atoms with Crippen molar-refractivity contribution in [3.63, 3.8) is 0 Å². The summed E-state index contributed by atoms with van der Waals surface area (Å²) in [5.74, 6) is 0.881. The van der Waals surface area contributed by atoms with Gasteiger partial charge in [0, 0.05) is 24.3 Å². The van der Waals surface area contributed by atoms with Crippen molar-refractivity contribution in [3.8, 4) is 0 Å². The van der Waals surface area contributed by atoms with E-state index in [2.05, 4.69) is 30.8 Å². The highest BCUT2D eigenvalue weighted by atomic mass is 15.3. The average molecular weight is 249 g/mol. The summed E-state index contributed by atoms with van der Waals surface area (Å²) >= 11 is 0. The summed E-state index contributed by atoms with van der Waals surface area (Å²) in [5, 5.41) is 8.31. The molecule has 0 atom stereocenters. The van der Waals surface area contributed by atoms with Crippen LogP contribution < -0.4 is 5.32 Å². The Morgan fingerprint density at radius 2 is 2.00 bits per heavy atom. The third kappa shape index (κ3) is 2.77. The van der Waals surface area contributed by atoms with Crippen molar-refractivity contribution in [3.05, 3.63) is 17.0 Å². The third-order valence-corrected chi connectivity index (χ3v) is 4.13. The topological polar surface area (TPSA) is 29.9 Å². The molecule has 102 valence electrons. The van der Waals surface area contributed by atoms with Crippen LogP contribution in [-0.2, 0) is 25.9 Å². The zero-order chi connectivity index (χ0) is 13.0. The number of hydrogen-bond acceptors (Lipinski definition) is 2. The molecule has 1 heterocycles. The van der Waals surface area contributed by atoms with Crippen LogP contribution in [0.1, 0.15) is 57.0 Å². The molecule has 1 aromatic heterocycles. The fourth-order valence-corrected chi connectivity index (χ4v) is 2.79. The van der Waals surface area contributed by atoms with Gasteiger partial charge in [-0.05, 0) is 38.1 Å². The predicted molar refractivity (Wildman–Crippen MR) is 75.7 cm³/mol. The van der Waals surface area contributed by atoms with E-state index in [1.807, 2.05) is 0 Å². The highest BCUT2D eigenvalue weighted by Crippen LogP contribution is 2.29. The van der Waals surface area contributed by atoms with Crippen molar-refractivity contribution >= 4 is 0 Å². The van der Waals surface area contributed by atoms with E-state index in [0.717, 1.165) is 38.4 Å². The van der Waals surface area contributed by atoms with Gasteiger partial charge in [-0.1, -0.05) is 27.2 Å². The van der Waals surface area contributed by atoms with Crippen LogP contribution >= 0.6 is 0 Å². The van der Waals surface area contributed by atoms with Gasteiger partial charge in [0.1, 0.15) is 0 Å². The van der Waals surface area contributed by atoms with Crippen molar-refractivity contribution in [2.24, 2.45) is 5.92 Å². The number of nitrogens with zero attached hydrogens (tertiary/aromatic N) is 2. The molecule has 0 amide bonds. The van der Waals surface area contributed by atoms with Gasteiger partial charge in [0.2, 0.25) is 0 Å². The zero-order valence-corrected chi connectivity index (χ0v) is 12.1. The van der Waals surface area contributed by atoms with E-state index in [1.165, 1.54) is 36.2 Å². The standard InChI is InChI=1S/C15H27N3/c1-4-14-13(10-16-6-3)15(5-2)18(17-14)11-12-8-7-9-12/h12,16H,4-11H2,1-3H3. The smallest absolute Gasteiger partial charge is 0.0669 e. The highest BCUT2D eigenvalue weighted by molar-refractivity contribution is 5.26. The molecule has 0 aromatic carbocycles. The second kappa shape index (κ2) is 6.37. The van der Waals surface area contributed by atoms with Crippen molar-refractivity contribution in [1.82, 2.24) is 15.1 Å². The second-order valence-electron chi connectivity index (χ2n) is 5.34. The van der Waals surface area contributed by atoms with E-state index in [9.17, 15) is 0 Å². The van der Waals surface area contributed by atoms with Crippen LogP contribution in [0.3, 0.4) is 0 Å². The molecule has 1 aliphatic rings. The molecule has 0 radical (unpaired) electrons. The maximum absolute atomic E-state index is 4.85. The minimum atomic E-state index is 0.881. The number of nitrogens with one attached hydrogen (secondary N) is 1. The van der Waals surface area contributed by atoms with E-state index < -0.39 is 0 Å². The van der Waals surface area contributed by atoms with Crippen LogP contribution in [-0.4, -0.2) is 16.3 Å². The molecule has 1 N–H and O–H groups in total. The van der Waals surface area contributed by atoms with Gasteiger partial charge in [0.25, 0.3) is 0 Å². The Labute approximate surface area is 111 Å². The summed E-state index contributed by atoms with van der Waals surface area (Å²) in [6.07, 6.45) is 6.35. The normalized spacial score (nSPS) is 15.9. The quantitative estimate of drug-likeness (QED) is 0.805. The maximum atomic E-state index is 4.85. The van der Waals surface area contributed by atoms with Gasteiger partial charge in [0.15, 0.2) is 0 Å². The average Bonchev–Trinajstić information content (AvgIpc) is 2.68. The summed E-state index contributed by atoms with van der Waals surface area (Å²) in [7, 11) is 0.